The second kappa shape index (κ2) is 15.6. The Morgan fingerprint density at radius 1 is 1.03 bits per heavy atom. The van der Waals surface area contributed by atoms with Gasteiger partial charge in [-0.25, -0.2) is 31.0 Å². The van der Waals surface area contributed by atoms with Crippen molar-refractivity contribution in [3.05, 3.63) is 116 Å². The Bertz CT molecular complexity index is 3210. The molecule has 24 heteroatoms. The third-order valence-electron chi connectivity index (χ3n) is 11.2. The molecular weight excluding hydrogens is 896 g/mol. The molecule has 3 atom stereocenters. The second-order valence-electron chi connectivity index (χ2n) is 15.6. The fraction of sp³-hybridized carbons (Fsp3) is 0.325. The Kier molecular flexibility index (Phi) is 10.5. The van der Waals surface area contributed by atoms with Crippen LogP contribution in [0.3, 0.4) is 0 Å². The molecule has 9 rings (SSSR count). The van der Waals surface area contributed by atoms with Crippen LogP contribution in [-0.2, 0) is 54.2 Å². The zero-order chi connectivity index (χ0) is 45.6. The number of rotatable bonds is 14. The number of alkyl halides is 4. The molecular formula is C40H34ClF6N11O5S. The topological polar surface area (TPSA) is 186 Å². The van der Waals surface area contributed by atoms with E-state index in [0.717, 1.165) is 28.6 Å². The molecule has 0 bridgehead atoms. The molecule has 2 aliphatic rings. The number of aromatic nitrogens is 9. The van der Waals surface area contributed by atoms with Crippen LogP contribution in [0.5, 0.6) is 5.88 Å². The number of aryl methyl sites for hydroxylation is 2. The summed E-state index contributed by atoms with van der Waals surface area (Å²) in [6, 6.07) is 8.34. The summed E-state index contributed by atoms with van der Waals surface area (Å²) in [6.07, 6.45) is -0.788. The summed E-state index contributed by atoms with van der Waals surface area (Å²) in [6.45, 7) is -0.875. The highest BCUT2D eigenvalue weighted by atomic mass is 35.5. The lowest BCUT2D eigenvalue weighted by Gasteiger charge is -2.24. The lowest BCUT2D eigenvalue weighted by atomic mass is 10.0. The molecule has 1 fully saturated rings. The van der Waals surface area contributed by atoms with E-state index in [2.05, 4.69) is 30.3 Å². The number of nitrogens with zero attached hydrogens (tertiary/aromatic N) is 9. The third kappa shape index (κ3) is 7.68. The summed E-state index contributed by atoms with van der Waals surface area (Å²) < 4.78 is 126. The Labute approximate surface area is 362 Å². The summed E-state index contributed by atoms with van der Waals surface area (Å²) in [5.74, 6) is -9.17. The van der Waals surface area contributed by atoms with E-state index >= 15 is 8.78 Å². The number of carbonyl (C=O) groups is 1. The highest BCUT2D eigenvalue weighted by molar-refractivity contribution is 7.92. The van der Waals surface area contributed by atoms with Gasteiger partial charge in [-0.05, 0) is 54.3 Å². The number of pyridine rings is 1. The summed E-state index contributed by atoms with van der Waals surface area (Å²) in [7, 11) is -0.724. The van der Waals surface area contributed by atoms with Gasteiger partial charge in [0.25, 0.3) is 17.9 Å². The van der Waals surface area contributed by atoms with Gasteiger partial charge in [-0.2, -0.15) is 29.1 Å². The number of fused-ring (bicyclic) bond motifs is 5. The molecule has 0 spiro atoms. The first-order valence-corrected chi connectivity index (χ1v) is 21.7. The minimum absolute atomic E-state index is 0.0132. The smallest absolute Gasteiger partial charge is 0.293 e. The number of sulfonamides is 1. The van der Waals surface area contributed by atoms with Crippen molar-refractivity contribution in [3.63, 3.8) is 0 Å². The SMILES string of the molecule is Cn1nccc1CCOc1ccc2c(=O)n(-c3ccc(Cl)c4c(NS(C)(=O)=O)nn(C)c34)c([C@H](Cc3cc(F)cc(F)c3)NC(=O)Cn3nc(C(F)F)c4c3C(F)(F)[C@@H]3C[C@H]43)nc2n1. The number of halogens is 7. The van der Waals surface area contributed by atoms with E-state index in [0.29, 0.717) is 17.2 Å². The van der Waals surface area contributed by atoms with Gasteiger partial charge >= 0.3 is 0 Å². The maximum Gasteiger partial charge on any atom is 0.293 e. The average Bonchev–Trinajstić information content (AvgIpc) is 3.48. The highest BCUT2D eigenvalue weighted by Gasteiger charge is 2.67. The molecule has 7 aromatic rings. The van der Waals surface area contributed by atoms with Crippen LogP contribution in [0.4, 0.5) is 32.2 Å². The number of anilines is 1. The summed E-state index contributed by atoms with van der Waals surface area (Å²) in [5, 5.41) is 14.8. The Morgan fingerprint density at radius 2 is 1.78 bits per heavy atom. The average molecular weight is 930 g/mol. The minimum Gasteiger partial charge on any atom is -0.477 e. The van der Waals surface area contributed by atoms with Crippen molar-refractivity contribution in [2.24, 2.45) is 20.0 Å². The number of hydrogen-bond donors (Lipinski definition) is 2. The first-order valence-electron chi connectivity index (χ1n) is 19.5. The van der Waals surface area contributed by atoms with Gasteiger partial charge in [0, 0.05) is 62.4 Å². The van der Waals surface area contributed by atoms with Crippen LogP contribution in [0.25, 0.3) is 27.6 Å². The van der Waals surface area contributed by atoms with Crippen LogP contribution < -0.4 is 20.3 Å². The molecule has 0 unspecified atom stereocenters. The molecule has 5 heterocycles. The molecule has 5 aromatic heterocycles. The number of ether oxygens (including phenoxy) is 1. The maximum atomic E-state index is 15.5. The second-order valence-corrected chi connectivity index (χ2v) is 17.7. The number of benzene rings is 2. The van der Waals surface area contributed by atoms with Gasteiger partial charge < -0.3 is 10.1 Å². The minimum atomic E-state index is -3.92. The molecule has 334 valence electrons. The molecule has 1 amide bonds. The lowest BCUT2D eigenvalue weighted by molar-refractivity contribution is -0.123. The fourth-order valence-electron chi connectivity index (χ4n) is 8.43. The molecule has 2 aliphatic carbocycles. The Balaban J connectivity index is 1.21. The van der Waals surface area contributed by atoms with E-state index in [4.69, 9.17) is 21.3 Å². The van der Waals surface area contributed by atoms with E-state index in [-0.39, 0.29) is 74.3 Å². The maximum absolute atomic E-state index is 15.5. The summed E-state index contributed by atoms with van der Waals surface area (Å²) in [5.41, 5.74) is -2.13. The number of hydrogen-bond acceptors (Lipinski definition) is 10. The van der Waals surface area contributed by atoms with Gasteiger partial charge in [0.2, 0.25) is 21.8 Å². The van der Waals surface area contributed by atoms with Gasteiger partial charge in [-0.1, -0.05) is 11.6 Å². The van der Waals surface area contributed by atoms with Crippen LogP contribution in [0, 0.1) is 17.6 Å². The molecule has 0 saturated heterocycles. The van der Waals surface area contributed by atoms with E-state index in [1.807, 2.05) is 0 Å². The Hall–Kier alpha value is -6.49. The zero-order valence-corrected chi connectivity index (χ0v) is 35.2. The number of amides is 1. The molecule has 0 aliphatic heterocycles. The molecule has 16 nitrogen and oxygen atoms in total. The van der Waals surface area contributed by atoms with E-state index in [9.17, 15) is 35.6 Å². The summed E-state index contributed by atoms with van der Waals surface area (Å²) >= 11 is 6.62. The Morgan fingerprint density at radius 3 is 2.47 bits per heavy atom. The van der Waals surface area contributed by atoms with Gasteiger partial charge in [-0.15, -0.1) is 0 Å². The fourth-order valence-corrected chi connectivity index (χ4v) is 9.17. The van der Waals surface area contributed by atoms with Crippen molar-refractivity contribution in [3.8, 4) is 11.6 Å². The van der Waals surface area contributed by atoms with Crippen molar-refractivity contribution >= 4 is 55.3 Å². The molecule has 1 saturated carbocycles. The van der Waals surface area contributed by atoms with E-state index in [1.165, 1.54) is 36.0 Å². The molecule has 64 heavy (non-hydrogen) atoms. The van der Waals surface area contributed by atoms with Crippen LogP contribution in [0.2, 0.25) is 5.02 Å². The number of carbonyl (C=O) groups excluding carboxylic acids is 1. The highest BCUT2D eigenvalue weighted by Crippen LogP contribution is 2.68. The van der Waals surface area contributed by atoms with Crippen molar-refractivity contribution in [1.82, 2.24) is 49.2 Å². The van der Waals surface area contributed by atoms with E-state index in [1.54, 1.807) is 24.0 Å². The third-order valence-corrected chi connectivity index (χ3v) is 12.1. The normalized spacial score (nSPS) is 16.9. The van der Waals surface area contributed by atoms with Crippen molar-refractivity contribution in [2.45, 2.75) is 50.1 Å². The molecule has 2 aromatic carbocycles. The standard InChI is InChI=1S/C40H34ClF6N11O5S/c1-55-21(8-10-48-55)9-11-63-29-7-4-22-36(50-29)51-38(58(39(22)60)27-6-5-25(41)31-33(27)56(2)53-37(31)54-64(3,61)62)26(14-18-12-19(42)15-20(43)13-18)49-28(59)17-57-34-30(32(52-57)35(44)45)23-16-24(23)40(34,46)47/h4-8,10,12-13,15,23-24,26,35H,9,11,14,16-17H2,1-3H3,(H,49,59)(H,53,54)/t23-,24+,26-/m0/s1. The van der Waals surface area contributed by atoms with Gasteiger partial charge in [0.05, 0.1) is 45.9 Å². The quantitative estimate of drug-likeness (QED) is 0.127. The van der Waals surface area contributed by atoms with Crippen molar-refractivity contribution < 1.29 is 44.3 Å². The van der Waals surface area contributed by atoms with Gasteiger partial charge in [-0.3, -0.25) is 32.9 Å². The summed E-state index contributed by atoms with van der Waals surface area (Å²) in [4.78, 5) is 38.3. The molecule has 0 radical (unpaired) electrons. The van der Waals surface area contributed by atoms with Gasteiger partial charge in [0.1, 0.15) is 35.4 Å². The lowest BCUT2D eigenvalue weighted by Crippen LogP contribution is -2.38. The van der Waals surface area contributed by atoms with Crippen LogP contribution in [0.1, 0.15) is 58.8 Å². The molecule has 2 N–H and O–H groups in total. The van der Waals surface area contributed by atoms with Crippen molar-refractivity contribution in [2.75, 3.05) is 17.6 Å². The van der Waals surface area contributed by atoms with Crippen LogP contribution in [0.15, 0.2) is 59.5 Å². The first-order chi connectivity index (χ1) is 30.3. The monoisotopic (exact) mass is 929 g/mol. The zero-order valence-electron chi connectivity index (χ0n) is 33.7. The largest absolute Gasteiger partial charge is 0.477 e. The van der Waals surface area contributed by atoms with Crippen LogP contribution in [-0.4, -0.2) is 71.1 Å². The first kappa shape index (κ1) is 42.8. The number of nitrogens with one attached hydrogen (secondary N) is 2. The van der Waals surface area contributed by atoms with Crippen LogP contribution >= 0.6 is 11.6 Å². The van der Waals surface area contributed by atoms with Gasteiger partial charge in [0.15, 0.2) is 11.5 Å². The van der Waals surface area contributed by atoms with E-state index < -0.39 is 87.7 Å². The van der Waals surface area contributed by atoms with Crippen molar-refractivity contribution in [1.29, 1.82) is 0 Å². The predicted octanol–water partition coefficient (Wildman–Crippen LogP) is 5.77. The predicted molar refractivity (Wildman–Crippen MR) is 218 cm³/mol.